The molecule has 1 aromatic heterocycles. The lowest BCUT2D eigenvalue weighted by atomic mass is 10.1. The van der Waals surface area contributed by atoms with Gasteiger partial charge in [0.1, 0.15) is 5.69 Å². The highest BCUT2D eigenvalue weighted by molar-refractivity contribution is 5.62. The van der Waals surface area contributed by atoms with Gasteiger partial charge in [0.15, 0.2) is 17.3 Å². The molecule has 0 atom stereocenters. The summed E-state index contributed by atoms with van der Waals surface area (Å²) in [7, 11) is 0. The molecule has 0 saturated heterocycles. The van der Waals surface area contributed by atoms with E-state index < -0.39 is 0 Å². The summed E-state index contributed by atoms with van der Waals surface area (Å²) in [5.74, 6) is 2.03. The molecule has 0 aliphatic rings. The Morgan fingerprint density at radius 3 is 2.38 bits per heavy atom. The number of ether oxygens (including phenoxy) is 2. The zero-order valence-corrected chi connectivity index (χ0v) is 12.5. The average Bonchev–Trinajstić information content (AvgIpc) is 3.00. The minimum Gasteiger partial charge on any atom is -0.490 e. The Morgan fingerprint density at radius 1 is 1.05 bits per heavy atom. The quantitative estimate of drug-likeness (QED) is 0.807. The van der Waals surface area contributed by atoms with Crippen molar-refractivity contribution in [2.24, 2.45) is 0 Å². The van der Waals surface area contributed by atoms with Gasteiger partial charge in [-0.25, -0.2) is 0 Å². The largest absolute Gasteiger partial charge is 0.490 e. The third kappa shape index (κ3) is 3.98. The fourth-order valence-corrected chi connectivity index (χ4v) is 1.84. The molecule has 5 nitrogen and oxygen atoms in total. The molecule has 0 saturated carbocycles. The Bertz CT molecular complexity index is 565. The summed E-state index contributed by atoms with van der Waals surface area (Å²) in [5.41, 5.74) is 1.35. The molecule has 0 radical (unpaired) electrons. The fourth-order valence-electron chi connectivity index (χ4n) is 1.84. The minimum absolute atomic E-state index is 0.139. The van der Waals surface area contributed by atoms with E-state index in [1.807, 2.05) is 18.2 Å². The first-order valence-corrected chi connectivity index (χ1v) is 7.25. The van der Waals surface area contributed by atoms with Crippen LogP contribution in [0.1, 0.15) is 32.4 Å². The van der Waals surface area contributed by atoms with E-state index in [2.05, 4.69) is 19.0 Å². The summed E-state index contributed by atoms with van der Waals surface area (Å²) in [5, 5.41) is 12.8. The van der Waals surface area contributed by atoms with Gasteiger partial charge in [-0.1, -0.05) is 19.0 Å². The van der Waals surface area contributed by atoms with Gasteiger partial charge in [-0.3, -0.25) is 0 Å². The standard InChI is InChI=1S/C16H21NO4/c1-3-7-19-14-6-5-12(9-16(14)20-8-4-2)15-10-13(11-18)17-21-15/h5-6,9-10,18H,3-4,7-8,11H2,1-2H3. The summed E-state index contributed by atoms with van der Waals surface area (Å²) in [6, 6.07) is 7.36. The lowest BCUT2D eigenvalue weighted by molar-refractivity contribution is 0.266. The molecule has 1 aromatic carbocycles. The van der Waals surface area contributed by atoms with Gasteiger partial charge in [-0.05, 0) is 31.0 Å². The Morgan fingerprint density at radius 2 is 1.76 bits per heavy atom. The van der Waals surface area contributed by atoms with Crippen LogP contribution in [0.15, 0.2) is 28.8 Å². The first-order chi connectivity index (χ1) is 10.3. The number of rotatable bonds is 8. The normalized spacial score (nSPS) is 10.6. The highest BCUT2D eigenvalue weighted by atomic mass is 16.5. The third-order valence-electron chi connectivity index (χ3n) is 2.87. The van der Waals surface area contributed by atoms with Crippen LogP contribution in [-0.2, 0) is 6.61 Å². The second-order valence-electron chi connectivity index (χ2n) is 4.70. The van der Waals surface area contributed by atoms with Gasteiger partial charge in [0.25, 0.3) is 0 Å². The summed E-state index contributed by atoms with van der Waals surface area (Å²) in [4.78, 5) is 0. The van der Waals surface area contributed by atoms with E-state index in [9.17, 15) is 0 Å². The molecule has 2 aromatic rings. The number of hydrogen-bond donors (Lipinski definition) is 1. The second-order valence-corrected chi connectivity index (χ2v) is 4.70. The first-order valence-electron chi connectivity index (χ1n) is 7.25. The Labute approximate surface area is 124 Å². The lowest BCUT2D eigenvalue weighted by Crippen LogP contribution is -2.01. The summed E-state index contributed by atoms with van der Waals surface area (Å²) >= 11 is 0. The third-order valence-corrected chi connectivity index (χ3v) is 2.87. The van der Waals surface area contributed by atoms with Gasteiger partial charge in [0.05, 0.1) is 19.8 Å². The van der Waals surface area contributed by atoms with Crippen LogP contribution in [0.5, 0.6) is 11.5 Å². The van der Waals surface area contributed by atoms with Crippen molar-refractivity contribution in [3.05, 3.63) is 30.0 Å². The monoisotopic (exact) mass is 291 g/mol. The van der Waals surface area contributed by atoms with E-state index >= 15 is 0 Å². The van der Waals surface area contributed by atoms with Crippen LogP contribution in [0.4, 0.5) is 0 Å². The molecule has 0 fully saturated rings. The summed E-state index contributed by atoms with van der Waals surface area (Å²) in [6.45, 7) is 5.26. The fraction of sp³-hybridized carbons (Fsp3) is 0.438. The van der Waals surface area contributed by atoms with Crippen molar-refractivity contribution in [2.75, 3.05) is 13.2 Å². The second kappa shape index (κ2) is 7.69. The molecular formula is C16H21NO4. The molecule has 2 rings (SSSR count). The van der Waals surface area contributed by atoms with Crippen LogP contribution in [0.25, 0.3) is 11.3 Å². The van der Waals surface area contributed by atoms with Crippen LogP contribution in [0.3, 0.4) is 0 Å². The Kier molecular flexibility index (Phi) is 5.63. The number of aromatic nitrogens is 1. The van der Waals surface area contributed by atoms with Crippen molar-refractivity contribution in [2.45, 2.75) is 33.3 Å². The van der Waals surface area contributed by atoms with Crippen molar-refractivity contribution in [3.63, 3.8) is 0 Å². The van der Waals surface area contributed by atoms with Gasteiger partial charge >= 0.3 is 0 Å². The Balaban J connectivity index is 2.26. The van der Waals surface area contributed by atoms with Crippen molar-refractivity contribution >= 4 is 0 Å². The van der Waals surface area contributed by atoms with E-state index in [4.69, 9.17) is 19.1 Å². The molecule has 114 valence electrons. The smallest absolute Gasteiger partial charge is 0.167 e. The zero-order valence-electron chi connectivity index (χ0n) is 12.5. The number of aliphatic hydroxyl groups is 1. The topological polar surface area (TPSA) is 64.7 Å². The van der Waals surface area contributed by atoms with E-state index in [1.165, 1.54) is 0 Å². The van der Waals surface area contributed by atoms with E-state index in [1.54, 1.807) is 6.07 Å². The predicted octanol–water partition coefficient (Wildman–Crippen LogP) is 3.41. The summed E-state index contributed by atoms with van der Waals surface area (Å²) in [6.07, 6.45) is 1.87. The van der Waals surface area contributed by atoms with Gasteiger partial charge < -0.3 is 19.1 Å². The van der Waals surface area contributed by atoms with E-state index in [0.717, 1.165) is 24.2 Å². The zero-order chi connectivity index (χ0) is 15.1. The van der Waals surface area contributed by atoms with Crippen LogP contribution >= 0.6 is 0 Å². The summed E-state index contributed by atoms with van der Waals surface area (Å²) < 4.78 is 16.6. The highest BCUT2D eigenvalue weighted by Crippen LogP contribution is 2.33. The molecule has 21 heavy (non-hydrogen) atoms. The maximum absolute atomic E-state index is 9.04. The molecule has 0 aliphatic carbocycles. The van der Waals surface area contributed by atoms with E-state index in [-0.39, 0.29) is 6.61 Å². The highest BCUT2D eigenvalue weighted by Gasteiger charge is 2.11. The Hall–Kier alpha value is -2.01. The van der Waals surface area contributed by atoms with Crippen molar-refractivity contribution < 1.29 is 19.1 Å². The maximum atomic E-state index is 9.04. The van der Waals surface area contributed by atoms with Gasteiger partial charge in [0.2, 0.25) is 0 Å². The number of hydrogen-bond acceptors (Lipinski definition) is 5. The predicted molar refractivity (Wildman–Crippen MR) is 79.4 cm³/mol. The number of nitrogens with zero attached hydrogens (tertiary/aromatic N) is 1. The van der Waals surface area contributed by atoms with Crippen molar-refractivity contribution in [1.82, 2.24) is 5.16 Å². The average molecular weight is 291 g/mol. The molecule has 1 heterocycles. The molecule has 0 aliphatic heterocycles. The van der Waals surface area contributed by atoms with Gasteiger partial charge in [-0.2, -0.15) is 0 Å². The number of benzene rings is 1. The number of aliphatic hydroxyl groups excluding tert-OH is 1. The molecule has 0 unspecified atom stereocenters. The lowest BCUT2D eigenvalue weighted by Gasteiger charge is -2.12. The van der Waals surface area contributed by atoms with Crippen molar-refractivity contribution in [1.29, 1.82) is 0 Å². The van der Waals surface area contributed by atoms with Crippen LogP contribution in [0, 0.1) is 0 Å². The molecule has 0 amide bonds. The molecule has 5 heteroatoms. The van der Waals surface area contributed by atoms with Gasteiger partial charge in [-0.15, -0.1) is 0 Å². The minimum atomic E-state index is -0.139. The molecule has 0 bridgehead atoms. The van der Waals surface area contributed by atoms with Crippen LogP contribution in [0.2, 0.25) is 0 Å². The first kappa shape index (κ1) is 15.4. The van der Waals surface area contributed by atoms with E-state index in [0.29, 0.717) is 30.4 Å². The maximum Gasteiger partial charge on any atom is 0.167 e. The SMILES string of the molecule is CCCOc1ccc(-c2cc(CO)no2)cc1OCCC. The van der Waals surface area contributed by atoms with Crippen LogP contribution in [-0.4, -0.2) is 23.5 Å². The molecular weight excluding hydrogens is 270 g/mol. The van der Waals surface area contributed by atoms with Crippen molar-refractivity contribution in [3.8, 4) is 22.8 Å². The molecule has 1 N–H and O–H groups in total. The molecule has 0 spiro atoms. The van der Waals surface area contributed by atoms with Gasteiger partial charge in [0, 0.05) is 11.6 Å². The van der Waals surface area contributed by atoms with Crippen LogP contribution < -0.4 is 9.47 Å².